The monoisotopic (exact) mass is 511 g/mol. The fourth-order valence-electron chi connectivity index (χ4n) is 1.96. The quantitative estimate of drug-likeness (QED) is 0.341. The second kappa shape index (κ2) is 9.77. The summed E-state index contributed by atoms with van der Waals surface area (Å²) in [6.07, 6.45) is 0. The summed E-state index contributed by atoms with van der Waals surface area (Å²) in [5.74, 6) is 0.272. The van der Waals surface area contributed by atoms with Gasteiger partial charge in [-0.05, 0) is 42.8 Å². The highest BCUT2D eigenvalue weighted by molar-refractivity contribution is 14.0. The molecule has 2 aromatic carbocycles. The van der Waals surface area contributed by atoms with E-state index < -0.39 is 6.61 Å². The van der Waals surface area contributed by atoms with Crippen molar-refractivity contribution < 1.29 is 13.5 Å². The van der Waals surface area contributed by atoms with Gasteiger partial charge in [0.1, 0.15) is 5.75 Å². The van der Waals surface area contributed by atoms with Crippen molar-refractivity contribution in [3.8, 4) is 5.75 Å². The number of ether oxygens (including phenoxy) is 1. The maximum Gasteiger partial charge on any atom is 0.387 e. The van der Waals surface area contributed by atoms with Crippen LogP contribution in [0.2, 0.25) is 0 Å². The molecule has 2 rings (SSSR count). The summed E-state index contributed by atoms with van der Waals surface area (Å²) in [5.41, 5.74) is 8.23. The summed E-state index contributed by atoms with van der Waals surface area (Å²) in [5, 5.41) is 2.95. The third-order valence-corrected chi connectivity index (χ3v) is 3.44. The molecular formula is C16H17BrF2IN3O. The number of nitrogens with zero attached hydrogens (tertiary/aromatic N) is 1. The van der Waals surface area contributed by atoms with Crippen LogP contribution in [0.1, 0.15) is 11.1 Å². The molecule has 0 heterocycles. The van der Waals surface area contributed by atoms with Crippen LogP contribution in [-0.2, 0) is 6.54 Å². The SMILES string of the molecule is Cc1cccc(NC(N)=NCc2cc(Br)ccc2OC(F)F)c1.I. The van der Waals surface area contributed by atoms with Gasteiger partial charge < -0.3 is 15.8 Å². The Hall–Kier alpha value is -1.42. The van der Waals surface area contributed by atoms with Gasteiger partial charge in [-0.2, -0.15) is 8.78 Å². The lowest BCUT2D eigenvalue weighted by molar-refractivity contribution is -0.0504. The molecule has 0 fully saturated rings. The molecule has 2 aromatic rings. The van der Waals surface area contributed by atoms with Crippen LogP contribution < -0.4 is 15.8 Å². The molecule has 8 heteroatoms. The van der Waals surface area contributed by atoms with Gasteiger partial charge in [0.05, 0.1) is 6.54 Å². The van der Waals surface area contributed by atoms with Crippen molar-refractivity contribution in [3.05, 3.63) is 58.1 Å². The molecule has 0 aromatic heterocycles. The van der Waals surface area contributed by atoms with E-state index in [-0.39, 0.29) is 42.2 Å². The average molecular weight is 512 g/mol. The Bertz CT molecular complexity index is 713. The van der Waals surface area contributed by atoms with E-state index in [0.29, 0.717) is 5.56 Å². The van der Waals surface area contributed by atoms with Gasteiger partial charge in [-0.3, -0.25) is 0 Å². The minimum absolute atomic E-state index is 0. The molecule has 0 spiro atoms. The normalized spacial score (nSPS) is 11.1. The van der Waals surface area contributed by atoms with Gasteiger partial charge in [0.25, 0.3) is 0 Å². The van der Waals surface area contributed by atoms with Crippen LogP contribution in [0.15, 0.2) is 51.9 Å². The highest BCUT2D eigenvalue weighted by atomic mass is 127. The molecule has 0 aliphatic heterocycles. The molecule has 130 valence electrons. The number of halogens is 4. The van der Waals surface area contributed by atoms with E-state index in [1.54, 1.807) is 12.1 Å². The zero-order valence-corrected chi connectivity index (χ0v) is 16.7. The summed E-state index contributed by atoms with van der Waals surface area (Å²) in [4.78, 5) is 4.17. The molecule has 0 amide bonds. The number of hydrogen-bond donors (Lipinski definition) is 2. The summed E-state index contributed by atoms with van der Waals surface area (Å²) in [6.45, 7) is -0.804. The fourth-order valence-corrected chi connectivity index (χ4v) is 2.37. The van der Waals surface area contributed by atoms with Crippen LogP contribution in [0.5, 0.6) is 5.75 Å². The first-order valence-electron chi connectivity index (χ1n) is 6.81. The van der Waals surface area contributed by atoms with Crippen LogP contribution >= 0.6 is 39.9 Å². The molecule has 0 radical (unpaired) electrons. The number of rotatable bonds is 5. The number of alkyl halides is 2. The van der Waals surface area contributed by atoms with Crippen molar-refractivity contribution in [3.63, 3.8) is 0 Å². The third kappa shape index (κ3) is 6.60. The Morgan fingerprint density at radius 3 is 2.71 bits per heavy atom. The molecule has 4 nitrogen and oxygen atoms in total. The topological polar surface area (TPSA) is 59.6 Å². The minimum atomic E-state index is -2.89. The van der Waals surface area contributed by atoms with Gasteiger partial charge in [0.2, 0.25) is 0 Å². The van der Waals surface area contributed by atoms with Gasteiger partial charge in [0, 0.05) is 15.7 Å². The first-order chi connectivity index (χ1) is 10.9. The fraction of sp³-hybridized carbons (Fsp3) is 0.188. The van der Waals surface area contributed by atoms with Gasteiger partial charge in [-0.1, -0.05) is 28.1 Å². The molecule has 0 atom stereocenters. The Labute approximate surface area is 164 Å². The number of hydrogen-bond acceptors (Lipinski definition) is 2. The standard InChI is InChI=1S/C16H16BrF2N3O.HI/c1-10-3-2-4-13(7-10)22-16(20)21-9-11-8-12(17)5-6-14(11)23-15(18)19;/h2-8,15H,9H2,1H3,(H3,20,21,22);1H. The lowest BCUT2D eigenvalue weighted by Crippen LogP contribution is -2.22. The van der Waals surface area contributed by atoms with Crippen molar-refractivity contribution in [2.24, 2.45) is 10.7 Å². The summed E-state index contributed by atoms with van der Waals surface area (Å²) in [7, 11) is 0. The van der Waals surface area contributed by atoms with Gasteiger partial charge in [-0.25, -0.2) is 4.99 Å². The zero-order valence-electron chi connectivity index (χ0n) is 12.8. The number of anilines is 1. The van der Waals surface area contributed by atoms with Gasteiger partial charge >= 0.3 is 6.61 Å². The number of aliphatic imine (C=N–C) groups is 1. The first kappa shape index (κ1) is 20.6. The Balaban J connectivity index is 0.00000288. The zero-order chi connectivity index (χ0) is 16.8. The molecule has 24 heavy (non-hydrogen) atoms. The molecule has 0 bridgehead atoms. The average Bonchev–Trinajstić information content (AvgIpc) is 2.47. The number of benzene rings is 2. The van der Waals surface area contributed by atoms with Crippen molar-refractivity contribution in [1.82, 2.24) is 0 Å². The number of guanidine groups is 1. The third-order valence-electron chi connectivity index (χ3n) is 2.95. The van der Waals surface area contributed by atoms with Crippen LogP contribution in [-0.4, -0.2) is 12.6 Å². The molecule has 0 unspecified atom stereocenters. The summed E-state index contributed by atoms with van der Waals surface area (Å²) < 4.78 is 30.1. The highest BCUT2D eigenvalue weighted by Gasteiger charge is 2.10. The first-order valence-corrected chi connectivity index (χ1v) is 7.60. The van der Waals surface area contributed by atoms with E-state index in [1.807, 2.05) is 31.2 Å². The largest absolute Gasteiger partial charge is 0.434 e. The molecular weight excluding hydrogens is 495 g/mol. The molecule has 0 saturated carbocycles. The van der Waals surface area contributed by atoms with Crippen LogP contribution in [0.3, 0.4) is 0 Å². The molecule has 0 aliphatic rings. The van der Waals surface area contributed by atoms with E-state index in [4.69, 9.17) is 5.73 Å². The van der Waals surface area contributed by atoms with Crippen LogP contribution in [0, 0.1) is 6.92 Å². The predicted octanol–water partition coefficient (Wildman–Crippen LogP) is 4.90. The van der Waals surface area contributed by atoms with Crippen LogP contribution in [0.25, 0.3) is 0 Å². The highest BCUT2D eigenvalue weighted by Crippen LogP contribution is 2.25. The molecule has 0 aliphatic carbocycles. The van der Waals surface area contributed by atoms with E-state index in [9.17, 15) is 8.78 Å². The smallest absolute Gasteiger partial charge is 0.387 e. The second-order valence-corrected chi connectivity index (χ2v) is 5.74. The number of aryl methyl sites for hydroxylation is 1. The maximum absolute atomic E-state index is 12.4. The lowest BCUT2D eigenvalue weighted by Gasteiger charge is -2.10. The predicted molar refractivity (Wildman–Crippen MR) is 106 cm³/mol. The van der Waals surface area contributed by atoms with Crippen molar-refractivity contribution in [2.45, 2.75) is 20.1 Å². The molecule has 3 N–H and O–H groups in total. The van der Waals surface area contributed by atoms with Gasteiger partial charge in [-0.15, -0.1) is 24.0 Å². The van der Waals surface area contributed by atoms with Gasteiger partial charge in [0.15, 0.2) is 5.96 Å². The Kier molecular flexibility index (Phi) is 8.40. The number of nitrogens with one attached hydrogen (secondary N) is 1. The second-order valence-electron chi connectivity index (χ2n) is 4.83. The van der Waals surface area contributed by atoms with E-state index >= 15 is 0 Å². The number of nitrogens with two attached hydrogens (primary N) is 1. The van der Waals surface area contributed by atoms with E-state index in [0.717, 1.165) is 15.7 Å². The summed E-state index contributed by atoms with van der Waals surface area (Å²) in [6, 6.07) is 12.4. The maximum atomic E-state index is 12.4. The van der Waals surface area contributed by atoms with E-state index in [1.165, 1.54) is 6.07 Å². The van der Waals surface area contributed by atoms with Crippen molar-refractivity contribution in [1.29, 1.82) is 0 Å². The van der Waals surface area contributed by atoms with Crippen molar-refractivity contribution in [2.75, 3.05) is 5.32 Å². The molecule has 0 saturated heterocycles. The van der Waals surface area contributed by atoms with Crippen molar-refractivity contribution >= 4 is 51.6 Å². The van der Waals surface area contributed by atoms with Crippen LogP contribution in [0.4, 0.5) is 14.5 Å². The van der Waals surface area contributed by atoms with E-state index in [2.05, 4.69) is 31.0 Å². The summed E-state index contributed by atoms with van der Waals surface area (Å²) >= 11 is 3.29. The Morgan fingerprint density at radius 1 is 1.29 bits per heavy atom. The lowest BCUT2D eigenvalue weighted by atomic mass is 10.2. The Morgan fingerprint density at radius 2 is 2.04 bits per heavy atom. The minimum Gasteiger partial charge on any atom is -0.434 e.